The lowest BCUT2D eigenvalue weighted by Gasteiger charge is -2.23. The van der Waals surface area contributed by atoms with E-state index in [2.05, 4.69) is 35.8 Å². The topological polar surface area (TPSA) is 44.1 Å². The molecule has 4 heteroatoms. The van der Waals surface area contributed by atoms with Crippen LogP contribution in [0.2, 0.25) is 0 Å². The zero-order valence-corrected chi connectivity index (χ0v) is 13.0. The molecule has 0 aromatic heterocycles. The fourth-order valence-corrected chi connectivity index (χ4v) is 2.19. The van der Waals surface area contributed by atoms with Gasteiger partial charge in [-0.2, -0.15) is 5.26 Å². The molecule has 1 rings (SSSR count). The van der Waals surface area contributed by atoms with Gasteiger partial charge in [0, 0.05) is 24.0 Å². The highest BCUT2D eigenvalue weighted by Gasteiger charge is 2.16. The van der Waals surface area contributed by atoms with E-state index in [0.29, 0.717) is 31.0 Å². The molecule has 102 valence electrons. The molecule has 0 unspecified atom stereocenters. The summed E-state index contributed by atoms with van der Waals surface area (Å²) in [6, 6.07) is 9.68. The first-order valence-corrected chi connectivity index (χ1v) is 7.51. The number of carbonyl (C=O) groups excluding carboxylic acids is 1. The van der Waals surface area contributed by atoms with Gasteiger partial charge < -0.3 is 4.90 Å². The lowest BCUT2D eigenvalue weighted by molar-refractivity contribution is 0.0740. The molecule has 0 spiro atoms. The smallest absolute Gasteiger partial charge is 0.253 e. The van der Waals surface area contributed by atoms with Gasteiger partial charge in [-0.25, -0.2) is 0 Å². The zero-order chi connectivity index (χ0) is 14.3. The first-order chi connectivity index (χ1) is 9.08. The van der Waals surface area contributed by atoms with Gasteiger partial charge in [0.1, 0.15) is 0 Å². The van der Waals surface area contributed by atoms with Crippen LogP contribution in [0.15, 0.2) is 24.3 Å². The summed E-state index contributed by atoms with van der Waals surface area (Å²) in [4.78, 5) is 14.2. The Bertz CT molecular complexity index is 448. The van der Waals surface area contributed by atoms with E-state index in [1.807, 2.05) is 24.3 Å². The lowest BCUT2D eigenvalue weighted by atomic mass is 10.1. The van der Waals surface area contributed by atoms with Gasteiger partial charge in [-0.15, -0.1) is 0 Å². The van der Waals surface area contributed by atoms with E-state index in [4.69, 9.17) is 5.26 Å². The minimum absolute atomic E-state index is 0.00470. The fourth-order valence-electron chi connectivity index (χ4n) is 1.82. The molecular weight excluding hydrogens is 304 g/mol. The Kier molecular flexibility index (Phi) is 6.58. The van der Waals surface area contributed by atoms with Crippen LogP contribution < -0.4 is 0 Å². The third-order valence-corrected chi connectivity index (χ3v) is 3.37. The van der Waals surface area contributed by atoms with Crippen LogP contribution in [-0.4, -0.2) is 23.9 Å². The molecule has 19 heavy (non-hydrogen) atoms. The van der Waals surface area contributed by atoms with Crippen molar-refractivity contribution in [2.24, 2.45) is 5.92 Å². The van der Waals surface area contributed by atoms with Gasteiger partial charge in [-0.1, -0.05) is 41.9 Å². The maximum atomic E-state index is 12.4. The van der Waals surface area contributed by atoms with E-state index in [1.54, 1.807) is 4.90 Å². The van der Waals surface area contributed by atoms with E-state index >= 15 is 0 Å². The highest BCUT2D eigenvalue weighted by molar-refractivity contribution is 9.08. The average Bonchev–Trinajstić information content (AvgIpc) is 2.42. The molecule has 0 aliphatic carbocycles. The summed E-state index contributed by atoms with van der Waals surface area (Å²) < 4.78 is 0. The molecule has 1 aromatic rings. The molecule has 0 aliphatic rings. The van der Waals surface area contributed by atoms with Crippen molar-refractivity contribution in [3.05, 3.63) is 35.4 Å². The monoisotopic (exact) mass is 322 g/mol. The molecule has 0 radical (unpaired) electrons. The minimum Gasteiger partial charge on any atom is -0.337 e. The van der Waals surface area contributed by atoms with Gasteiger partial charge in [0.15, 0.2) is 0 Å². The molecule has 1 aromatic carbocycles. The summed E-state index contributed by atoms with van der Waals surface area (Å²) in [6.07, 6.45) is 0.373. The number of alkyl halides is 1. The first-order valence-electron chi connectivity index (χ1n) is 6.39. The van der Waals surface area contributed by atoms with Gasteiger partial charge in [0.25, 0.3) is 5.91 Å². The number of hydrogen-bond acceptors (Lipinski definition) is 2. The molecule has 1 amide bonds. The quantitative estimate of drug-likeness (QED) is 0.751. The summed E-state index contributed by atoms with van der Waals surface area (Å²) in [6.45, 7) is 5.32. The molecule has 3 nitrogen and oxygen atoms in total. The third kappa shape index (κ3) is 5.04. The molecule has 0 aliphatic heterocycles. The highest BCUT2D eigenvalue weighted by atomic mass is 79.9. The van der Waals surface area contributed by atoms with Crippen molar-refractivity contribution in [1.29, 1.82) is 5.26 Å². The van der Waals surface area contributed by atoms with Crippen molar-refractivity contribution in [1.82, 2.24) is 4.90 Å². The Labute approximate surface area is 123 Å². The second-order valence-electron chi connectivity index (χ2n) is 4.88. The van der Waals surface area contributed by atoms with Crippen LogP contribution in [0.1, 0.15) is 36.2 Å². The summed E-state index contributed by atoms with van der Waals surface area (Å²) in [5.74, 6) is 0.398. The van der Waals surface area contributed by atoms with Gasteiger partial charge in [0.2, 0.25) is 0 Å². The first kappa shape index (κ1) is 15.7. The maximum absolute atomic E-state index is 12.4. The predicted molar refractivity (Wildman–Crippen MR) is 80.0 cm³/mol. The van der Waals surface area contributed by atoms with E-state index < -0.39 is 0 Å². The van der Waals surface area contributed by atoms with Crippen molar-refractivity contribution in [3.8, 4) is 6.07 Å². The number of carbonyl (C=O) groups is 1. The van der Waals surface area contributed by atoms with Gasteiger partial charge in [0.05, 0.1) is 12.5 Å². The lowest BCUT2D eigenvalue weighted by Crippen LogP contribution is -2.35. The zero-order valence-electron chi connectivity index (χ0n) is 11.4. The molecule has 0 bridgehead atoms. The number of benzene rings is 1. The molecule has 0 N–H and O–H groups in total. The van der Waals surface area contributed by atoms with E-state index in [0.717, 1.165) is 10.9 Å². The van der Waals surface area contributed by atoms with E-state index in [-0.39, 0.29) is 5.91 Å². The van der Waals surface area contributed by atoms with Crippen molar-refractivity contribution in [2.45, 2.75) is 25.6 Å². The maximum Gasteiger partial charge on any atom is 0.253 e. The van der Waals surface area contributed by atoms with Crippen molar-refractivity contribution >= 4 is 21.8 Å². The molecule has 0 saturated carbocycles. The number of hydrogen-bond donors (Lipinski definition) is 0. The number of rotatable bonds is 6. The Morgan fingerprint density at radius 1 is 1.37 bits per heavy atom. The SMILES string of the molecule is CC(C)CN(CCC#N)C(=O)c1ccc(CBr)cc1. The second kappa shape index (κ2) is 7.96. The molecule has 0 atom stereocenters. The normalized spacial score (nSPS) is 10.3. The van der Waals surface area contributed by atoms with Crippen LogP contribution in [0, 0.1) is 17.2 Å². The van der Waals surface area contributed by atoms with Crippen molar-refractivity contribution < 1.29 is 4.79 Å². The Morgan fingerprint density at radius 2 is 2.00 bits per heavy atom. The summed E-state index contributed by atoms with van der Waals surface area (Å²) in [5.41, 5.74) is 1.83. The Hall–Kier alpha value is -1.34. The summed E-state index contributed by atoms with van der Waals surface area (Å²) >= 11 is 3.38. The Morgan fingerprint density at radius 3 is 2.47 bits per heavy atom. The van der Waals surface area contributed by atoms with Crippen LogP contribution >= 0.6 is 15.9 Å². The number of nitrogens with zero attached hydrogens (tertiary/aromatic N) is 2. The van der Waals surface area contributed by atoms with Crippen LogP contribution in [0.4, 0.5) is 0 Å². The molecular formula is C15H19BrN2O. The minimum atomic E-state index is 0.00470. The van der Waals surface area contributed by atoms with Gasteiger partial charge in [-0.05, 0) is 23.6 Å². The predicted octanol–water partition coefficient (Wildman–Crippen LogP) is 3.59. The fraction of sp³-hybridized carbons (Fsp3) is 0.467. The Balaban J connectivity index is 2.81. The van der Waals surface area contributed by atoms with Crippen LogP contribution in [0.5, 0.6) is 0 Å². The van der Waals surface area contributed by atoms with Crippen molar-refractivity contribution in [2.75, 3.05) is 13.1 Å². The number of halogens is 1. The summed E-state index contributed by atoms with van der Waals surface area (Å²) in [7, 11) is 0. The molecule has 0 fully saturated rings. The second-order valence-corrected chi connectivity index (χ2v) is 5.44. The average molecular weight is 323 g/mol. The van der Waals surface area contributed by atoms with Crippen LogP contribution in [0.25, 0.3) is 0 Å². The van der Waals surface area contributed by atoms with Crippen molar-refractivity contribution in [3.63, 3.8) is 0 Å². The van der Waals surface area contributed by atoms with Crippen LogP contribution in [0.3, 0.4) is 0 Å². The molecule has 0 saturated heterocycles. The summed E-state index contributed by atoms with van der Waals surface area (Å²) in [5, 5.41) is 9.46. The number of nitriles is 1. The van der Waals surface area contributed by atoms with E-state index in [9.17, 15) is 4.79 Å². The van der Waals surface area contributed by atoms with Gasteiger partial charge >= 0.3 is 0 Å². The molecule has 0 heterocycles. The highest BCUT2D eigenvalue weighted by Crippen LogP contribution is 2.12. The standard InChI is InChI=1S/C15H19BrN2O/c1-12(2)11-18(9-3-8-17)15(19)14-6-4-13(10-16)5-7-14/h4-7,12H,3,9-11H2,1-2H3. The number of amides is 1. The van der Waals surface area contributed by atoms with E-state index in [1.165, 1.54) is 0 Å². The largest absolute Gasteiger partial charge is 0.337 e. The van der Waals surface area contributed by atoms with Crippen LogP contribution in [-0.2, 0) is 5.33 Å². The van der Waals surface area contributed by atoms with Gasteiger partial charge in [-0.3, -0.25) is 4.79 Å². The third-order valence-electron chi connectivity index (χ3n) is 2.72.